The molecule has 1 aliphatic carbocycles. The third-order valence-electron chi connectivity index (χ3n) is 6.36. The van der Waals surface area contributed by atoms with Crippen LogP contribution in [0.2, 0.25) is 0 Å². The molecule has 1 saturated carbocycles. The Hall–Kier alpha value is -0.980. The highest BCUT2D eigenvalue weighted by Crippen LogP contribution is 2.40. The van der Waals surface area contributed by atoms with Gasteiger partial charge in [0.25, 0.3) is 5.91 Å². The summed E-state index contributed by atoms with van der Waals surface area (Å²) in [5.41, 5.74) is -0.570. The minimum Gasteiger partial charge on any atom is -0.392 e. The van der Waals surface area contributed by atoms with Crippen molar-refractivity contribution in [2.24, 2.45) is 5.92 Å². The van der Waals surface area contributed by atoms with E-state index >= 15 is 0 Å². The van der Waals surface area contributed by atoms with Crippen LogP contribution in [-0.4, -0.2) is 82.5 Å². The van der Waals surface area contributed by atoms with E-state index in [4.69, 9.17) is 0 Å². The third-order valence-corrected chi connectivity index (χ3v) is 6.36. The summed E-state index contributed by atoms with van der Waals surface area (Å²) < 4.78 is 0. The SMILES string of the molecule is CN1C(=O)[C@@H]2C[C@@H](O)CN2C2(CN(CC3CCCCC3)C2)C1=O. The summed E-state index contributed by atoms with van der Waals surface area (Å²) in [7, 11) is 1.60. The summed E-state index contributed by atoms with van der Waals surface area (Å²) in [5.74, 6) is 0.537. The first-order valence-electron chi connectivity index (χ1n) is 9.00. The molecular weight excluding hydrogens is 294 g/mol. The van der Waals surface area contributed by atoms with Crippen LogP contribution in [0.15, 0.2) is 0 Å². The number of aliphatic hydroxyl groups is 1. The number of amides is 2. The molecular formula is C17H27N3O3. The second-order valence-electron chi connectivity index (χ2n) is 7.97. The van der Waals surface area contributed by atoms with Crippen molar-refractivity contribution in [3.05, 3.63) is 0 Å². The van der Waals surface area contributed by atoms with Crippen LogP contribution in [0.25, 0.3) is 0 Å². The maximum Gasteiger partial charge on any atom is 0.252 e. The molecule has 4 rings (SSSR count). The van der Waals surface area contributed by atoms with Crippen LogP contribution in [0.5, 0.6) is 0 Å². The van der Waals surface area contributed by atoms with Gasteiger partial charge in [0.2, 0.25) is 5.91 Å². The lowest BCUT2D eigenvalue weighted by Crippen LogP contribution is -2.81. The second-order valence-corrected chi connectivity index (χ2v) is 7.97. The van der Waals surface area contributed by atoms with Crippen LogP contribution in [-0.2, 0) is 9.59 Å². The number of hydrogen-bond acceptors (Lipinski definition) is 5. The molecule has 0 radical (unpaired) electrons. The van der Waals surface area contributed by atoms with Crippen molar-refractivity contribution in [1.82, 2.24) is 14.7 Å². The molecule has 23 heavy (non-hydrogen) atoms. The number of carbonyl (C=O) groups excluding carboxylic acids is 2. The van der Waals surface area contributed by atoms with Crippen LogP contribution in [0.1, 0.15) is 38.5 Å². The number of nitrogens with zero attached hydrogens (tertiary/aromatic N) is 3. The molecule has 6 nitrogen and oxygen atoms in total. The highest BCUT2D eigenvalue weighted by atomic mass is 16.3. The van der Waals surface area contributed by atoms with E-state index in [-0.39, 0.29) is 17.9 Å². The maximum absolute atomic E-state index is 12.8. The largest absolute Gasteiger partial charge is 0.392 e. The van der Waals surface area contributed by atoms with E-state index in [1.807, 2.05) is 4.90 Å². The Morgan fingerprint density at radius 2 is 1.87 bits per heavy atom. The predicted octanol–water partition coefficient (Wildman–Crippen LogP) is 0.0549. The minimum atomic E-state index is -0.570. The molecule has 0 aromatic heterocycles. The molecule has 3 saturated heterocycles. The van der Waals surface area contributed by atoms with Crippen molar-refractivity contribution in [1.29, 1.82) is 0 Å². The van der Waals surface area contributed by atoms with Gasteiger partial charge in [-0.1, -0.05) is 19.3 Å². The molecule has 1 N–H and O–H groups in total. The molecule has 6 heteroatoms. The standard InChI is InChI=1S/C17H27N3O3/c1-18-15(22)14-7-13(21)9-20(14)17(16(18)23)10-19(11-17)8-12-5-3-2-4-6-12/h12-14,21H,2-11H2,1H3/t13-,14+/m1/s1. The van der Waals surface area contributed by atoms with Gasteiger partial charge in [0, 0.05) is 33.2 Å². The minimum absolute atomic E-state index is 0.0762. The summed E-state index contributed by atoms with van der Waals surface area (Å²) >= 11 is 0. The van der Waals surface area contributed by atoms with Gasteiger partial charge in [0.05, 0.1) is 12.1 Å². The van der Waals surface area contributed by atoms with Gasteiger partial charge in [-0.3, -0.25) is 24.3 Å². The number of hydrogen-bond donors (Lipinski definition) is 1. The molecule has 3 aliphatic heterocycles. The van der Waals surface area contributed by atoms with Gasteiger partial charge in [-0.2, -0.15) is 0 Å². The Kier molecular flexibility index (Phi) is 3.74. The number of carbonyl (C=O) groups is 2. The molecule has 0 aromatic rings. The van der Waals surface area contributed by atoms with Gasteiger partial charge in [-0.05, 0) is 25.2 Å². The van der Waals surface area contributed by atoms with Crippen LogP contribution in [0.3, 0.4) is 0 Å². The van der Waals surface area contributed by atoms with Crippen molar-refractivity contribution in [2.45, 2.75) is 56.2 Å². The van der Waals surface area contributed by atoms with E-state index in [1.165, 1.54) is 37.0 Å². The smallest absolute Gasteiger partial charge is 0.252 e. The Morgan fingerprint density at radius 1 is 1.17 bits per heavy atom. The van der Waals surface area contributed by atoms with E-state index < -0.39 is 11.6 Å². The van der Waals surface area contributed by atoms with Gasteiger partial charge in [-0.15, -0.1) is 0 Å². The monoisotopic (exact) mass is 321 g/mol. The van der Waals surface area contributed by atoms with Crippen LogP contribution in [0.4, 0.5) is 0 Å². The average molecular weight is 321 g/mol. The molecule has 3 heterocycles. The number of rotatable bonds is 2. The summed E-state index contributed by atoms with van der Waals surface area (Å²) in [5, 5.41) is 9.99. The molecule has 0 unspecified atom stereocenters. The highest BCUT2D eigenvalue weighted by Gasteiger charge is 2.63. The molecule has 4 aliphatic rings. The zero-order valence-corrected chi connectivity index (χ0v) is 13.9. The van der Waals surface area contributed by atoms with E-state index in [2.05, 4.69) is 4.90 Å². The lowest BCUT2D eigenvalue weighted by molar-refractivity contribution is -0.178. The average Bonchev–Trinajstić information content (AvgIpc) is 2.90. The number of fused-ring (bicyclic) bond motifs is 2. The molecule has 0 bridgehead atoms. The molecule has 2 atom stereocenters. The summed E-state index contributed by atoms with van der Waals surface area (Å²) in [6.45, 7) is 2.95. The van der Waals surface area contributed by atoms with Crippen molar-refractivity contribution in [3.63, 3.8) is 0 Å². The van der Waals surface area contributed by atoms with Crippen molar-refractivity contribution < 1.29 is 14.7 Å². The first kappa shape index (κ1) is 15.5. The zero-order valence-electron chi connectivity index (χ0n) is 13.9. The number of β-amino-alcohol motifs (C(OH)–C–C–N with tert-alkyl or cyclic N) is 1. The van der Waals surface area contributed by atoms with Crippen LogP contribution < -0.4 is 0 Å². The highest BCUT2D eigenvalue weighted by molar-refractivity contribution is 6.05. The second kappa shape index (κ2) is 5.53. The summed E-state index contributed by atoms with van der Waals surface area (Å²) in [4.78, 5) is 30.8. The van der Waals surface area contributed by atoms with Gasteiger partial charge in [0.1, 0.15) is 5.54 Å². The Morgan fingerprint density at radius 3 is 2.57 bits per heavy atom. The molecule has 128 valence electrons. The first-order chi connectivity index (χ1) is 11.0. The van der Waals surface area contributed by atoms with Crippen LogP contribution >= 0.6 is 0 Å². The quantitative estimate of drug-likeness (QED) is 0.729. The fourth-order valence-electron chi connectivity index (χ4n) is 5.15. The molecule has 2 amide bonds. The fraction of sp³-hybridized carbons (Fsp3) is 0.882. The number of aliphatic hydroxyl groups excluding tert-OH is 1. The van der Waals surface area contributed by atoms with Crippen molar-refractivity contribution in [2.75, 3.05) is 33.2 Å². The fourth-order valence-corrected chi connectivity index (χ4v) is 5.15. The van der Waals surface area contributed by atoms with Crippen molar-refractivity contribution >= 4 is 11.8 Å². The predicted molar refractivity (Wildman–Crippen MR) is 84.6 cm³/mol. The Bertz CT molecular complexity index is 511. The topological polar surface area (TPSA) is 64.1 Å². The summed E-state index contributed by atoms with van der Waals surface area (Å²) in [6, 6.07) is -0.315. The van der Waals surface area contributed by atoms with E-state index in [0.29, 0.717) is 26.1 Å². The maximum atomic E-state index is 12.8. The number of imide groups is 1. The Balaban J connectivity index is 1.47. The van der Waals surface area contributed by atoms with E-state index in [0.717, 1.165) is 12.5 Å². The lowest BCUT2D eigenvalue weighted by Gasteiger charge is -2.58. The summed E-state index contributed by atoms with van der Waals surface area (Å²) in [6.07, 6.45) is 6.61. The Labute approximate surface area is 137 Å². The van der Waals surface area contributed by atoms with Gasteiger partial charge >= 0.3 is 0 Å². The lowest BCUT2D eigenvalue weighted by atomic mass is 9.80. The molecule has 0 aromatic carbocycles. The first-order valence-corrected chi connectivity index (χ1v) is 9.00. The molecule has 4 fully saturated rings. The normalized spacial score (nSPS) is 35.7. The van der Waals surface area contributed by atoms with Crippen molar-refractivity contribution in [3.8, 4) is 0 Å². The number of likely N-dealkylation sites (N-methyl/N-ethyl adjacent to an activating group) is 1. The third kappa shape index (κ3) is 2.34. The van der Waals surface area contributed by atoms with Gasteiger partial charge in [0.15, 0.2) is 0 Å². The van der Waals surface area contributed by atoms with E-state index in [9.17, 15) is 14.7 Å². The number of likely N-dealkylation sites (tertiary alicyclic amines) is 1. The van der Waals surface area contributed by atoms with Gasteiger partial charge in [-0.25, -0.2) is 0 Å². The van der Waals surface area contributed by atoms with E-state index in [1.54, 1.807) is 7.05 Å². The van der Waals surface area contributed by atoms with Crippen LogP contribution in [0, 0.1) is 5.92 Å². The molecule has 1 spiro atoms. The van der Waals surface area contributed by atoms with Gasteiger partial charge < -0.3 is 5.11 Å². The zero-order chi connectivity index (χ0) is 16.2. The number of piperazine rings is 1.